The normalized spacial score (nSPS) is 21.7. The highest BCUT2D eigenvalue weighted by atomic mass is 16.5. The lowest BCUT2D eigenvalue weighted by Gasteiger charge is -2.31. The molecule has 0 radical (unpaired) electrons. The smallest absolute Gasteiger partial charge is 0.310 e. The van der Waals surface area contributed by atoms with Crippen LogP contribution in [0.15, 0.2) is 0 Å². The van der Waals surface area contributed by atoms with Crippen LogP contribution in [0.3, 0.4) is 0 Å². The van der Waals surface area contributed by atoms with Crippen LogP contribution in [0.1, 0.15) is 45.4 Å². The largest absolute Gasteiger partial charge is 0.469 e. The number of amides is 1. The third-order valence-corrected chi connectivity index (χ3v) is 4.05. The molecule has 4 nitrogen and oxygen atoms in total. The average molecular weight is 253 g/mol. The van der Waals surface area contributed by atoms with Crippen molar-refractivity contribution in [1.29, 1.82) is 0 Å². The highest BCUT2D eigenvalue weighted by Crippen LogP contribution is 2.34. The van der Waals surface area contributed by atoms with E-state index in [-0.39, 0.29) is 23.7 Å². The maximum atomic E-state index is 12.3. The van der Waals surface area contributed by atoms with Crippen molar-refractivity contribution in [3.8, 4) is 0 Å². The molecule has 18 heavy (non-hydrogen) atoms. The number of hydrogen-bond donors (Lipinski definition) is 0. The first-order valence-electron chi connectivity index (χ1n) is 7.01. The first kappa shape index (κ1) is 13.4. The molecule has 2 saturated carbocycles. The first-order chi connectivity index (χ1) is 8.63. The van der Waals surface area contributed by atoms with E-state index in [0.29, 0.717) is 12.6 Å². The summed E-state index contributed by atoms with van der Waals surface area (Å²) in [5.74, 6) is 0.0491. The Morgan fingerprint density at radius 1 is 1.22 bits per heavy atom. The number of carbonyl (C=O) groups is 2. The quantitative estimate of drug-likeness (QED) is 0.704. The Morgan fingerprint density at radius 3 is 2.33 bits per heavy atom. The van der Waals surface area contributed by atoms with Gasteiger partial charge in [-0.15, -0.1) is 0 Å². The molecule has 0 saturated heterocycles. The zero-order chi connectivity index (χ0) is 13.1. The molecule has 0 bridgehead atoms. The summed E-state index contributed by atoms with van der Waals surface area (Å²) in [6.45, 7) is 2.36. The van der Waals surface area contributed by atoms with Crippen LogP contribution in [0.2, 0.25) is 0 Å². The number of nitrogens with zero attached hydrogens (tertiary/aromatic N) is 1. The number of carbonyl (C=O) groups excluding carboxylic acids is 2. The Kier molecular flexibility index (Phi) is 4.25. The third-order valence-electron chi connectivity index (χ3n) is 4.05. The topological polar surface area (TPSA) is 46.6 Å². The molecule has 0 aromatic rings. The average Bonchev–Trinajstić information content (AvgIpc) is 3.10. The summed E-state index contributed by atoms with van der Waals surface area (Å²) in [5.41, 5.74) is 0. The van der Waals surface area contributed by atoms with Crippen LogP contribution < -0.4 is 0 Å². The molecule has 2 rings (SSSR count). The van der Waals surface area contributed by atoms with Crippen LogP contribution in [0.25, 0.3) is 0 Å². The highest BCUT2D eigenvalue weighted by molar-refractivity contribution is 5.82. The molecule has 102 valence electrons. The van der Waals surface area contributed by atoms with E-state index in [2.05, 4.69) is 0 Å². The molecule has 1 amide bonds. The van der Waals surface area contributed by atoms with E-state index in [1.807, 2.05) is 11.8 Å². The minimum absolute atomic E-state index is 0.221. The number of rotatable bonds is 5. The molecule has 0 aromatic carbocycles. The Labute approximate surface area is 109 Å². The van der Waals surface area contributed by atoms with E-state index in [4.69, 9.17) is 4.74 Å². The molecule has 2 fully saturated rings. The van der Waals surface area contributed by atoms with Gasteiger partial charge in [-0.1, -0.05) is 19.8 Å². The van der Waals surface area contributed by atoms with Crippen molar-refractivity contribution in [3.05, 3.63) is 0 Å². The maximum absolute atomic E-state index is 12.3. The summed E-state index contributed by atoms with van der Waals surface area (Å²) in [6, 6.07) is 0.352. The second kappa shape index (κ2) is 5.72. The molecule has 0 N–H and O–H groups in total. The van der Waals surface area contributed by atoms with Crippen LogP contribution in [0.5, 0.6) is 0 Å². The summed E-state index contributed by atoms with van der Waals surface area (Å²) < 4.78 is 4.75. The van der Waals surface area contributed by atoms with Crippen LogP contribution in [0, 0.1) is 11.8 Å². The van der Waals surface area contributed by atoms with Gasteiger partial charge in [-0.3, -0.25) is 9.59 Å². The minimum Gasteiger partial charge on any atom is -0.469 e. The fourth-order valence-corrected chi connectivity index (χ4v) is 2.77. The van der Waals surface area contributed by atoms with Crippen molar-refractivity contribution in [2.75, 3.05) is 13.7 Å². The zero-order valence-electron chi connectivity index (χ0n) is 11.4. The van der Waals surface area contributed by atoms with E-state index >= 15 is 0 Å². The second-order valence-corrected chi connectivity index (χ2v) is 5.63. The SMILES string of the molecule is COC(=O)C(C)CN(C(=O)C1CC1)C1CCCC1. The van der Waals surface area contributed by atoms with Gasteiger partial charge in [0.15, 0.2) is 0 Å². The summed E-state index contributed by atoms with van der Waals surface area (Å²) in [7, 11) is 1.40. The van der Waals surface area contributed by atoms with Gasteiger partial charge in [0, 0.05) is 18.5 Å². The Balaban J connectivity index is 1.99. The Hall–Kier alpha value is -1.06. The number of hydrogen-bond acceptors (Lipinski definition) is 3. The predicted molar refractivity (Wildman–Crippen MR) is 67.9 cm³/mol. The van der Waals surface area contributed by atoms with E-state index in [0.717, 1.165) is 25.7 Å². The van der Waals surface area contributed by atoms with Gasteiger partial charge >= 0.3 is 5.97 Å². The van der Waals surface area contributed by atoms with Gasteiger partial charge in [0.2, 0.25) is 5.91 Å². The fraction of sp³-hybridized carbons (Fsp3) is 0.857. The molecule has 0 heterocycles. The highest BCUT2D eigenvalue weighted by Gasteiger charge is 2.38. The third kappa shape index (κ3) is 3.03. The van der Waals surface area contributed by atoms with Crippen molar-refractivity contribution in [2.24, 2.45) is 11.8 Å². The van der Waals surface area contributed by atoms with Crippen LogP contribution >= 0.6 is 0 Å². The maximum Gasteiger partial charge on any atom is 0.310 e. The lowest BCUT2D eigenvalue weighted by Crippen LogP contribution is -2.43. The zero-order valence-corrected chi connectivity index (χ0v) is 11.4. The monoisotopic (exact) mass is 253 g/mol. The lowest BCUT2D eigenvalue weighted by atomic mass is 10.1. The van der Waals surface area contributed by atoms with Gasteiger partial charge in [-0.05, 0) is 25.7 Å². The van der Waals surface area contributed by atoms with Gasteiger partial charge in [-0.25, -0.2) is 0 Å². The summed E-state index contributed by atoms with van der Waals surface area (Å²) in [6.07, 6.45) is 6.62. The number of methoxy groups -OCH3 is 1. The van der Waals surface area contributed by atoms with Crippen molar-refractivity contribution >= 4 is 11.9 Å². The van der Waals surface area contributed by atoms with Gasteiger partial charge in [0.05, 0.1) is 13.0 Å². The standard InChI is InChI=1S/C14H23NO3/c1-10(14(17)18-2)9-15(12-5-3-4-6-12)13(16)11-7-8-11/h10-12H,3-9H2,1-2H3. The summed E-state index contributed by atoms with van der Waals surface area (Å²) >= 11 is 0. The minimum atomic E-state index is -0.224. The molecular weight excluding hydrogens is 230 g/mol. The van der Waals surface area contributed by atoms with E-state index in [9.17, 15) is 9.59 Å². The second-order valence-electron chi connectivity index (χ2n) is 5.63. The van der Waals surface area contributed by atoms with Gasteiger partial charge < -0.3 is 9.64 Å². The van der Waals surface area contributed by atoms with Crippen LogP contribution in [0.4, 0.5) is 0 Å². The molecule has 1 unspecified atom stereocenters. The molecule has 4 heteroatoms. The van der Waals surface area contributed by atoms with Gasteiger partial charge in [0.1, 0.15) is 0 Å². The molecule has 0 aliphatic heterocycles. The fourth-order valence-electron chi connectivity index (χ4n) is 2.77. The van der Waals surface area contributed by atoms with E-state index in [1.54, 1.807) is 0 Å². The van der Waals surface area contributed by atoms with Gasteiger partial charge in [-0.2, -0.15) is 0 Å². The van der Waals surface area contributed by atoms with E-state index < -0.39 is 0 Å². The summed E-state index contributed by atoms with van der Waals surface area (Å²) in [4.78, 5) is 25.8. The summed E-state index contributed by atoms with van der Waals surface area (Å²) in [5, 5.41) is 0. The number of ether oxygens (including phenoxy) is 1. The molecule has 2 aliphatic carbocycles. The van der Waals surface area contributed by atoms with Crippen LogP contribution in [-0.2, 0) is 14.3 Å². The lowest BCUT2D eigenvalue weighted by molar-refractivity contribution is -0.147. The van der Waals surface area contributed by atoms with Crippen molar-refractivity contribution in [2.45, 2.75) is 51.5 Å². The van der Waals surface area contributed by atoms with E-state index in [1.165, 1.54) is 20.0 Å². The molecule has 1 atom stereocenters. The number of esters is 1. The van der Waals surface area contributed by atoms with Crippen molar-refractivity contribution in [3.63, 3.8) is 0 Å². The molecule has 0 spiro atoms. The predicted octanol–water partition coefficient (Wildman–Crippen LogP) is 1.98. The van der Waals surface area contributed by atoms with Crippen molar-refractivity contribution in [1.82, 2.24) is 4.90 Å². The van der Waals surface area contributed by atoms with Crippen molar-refractivity contribution < 1.29 is 14.3 Å². The van der Waals surface area contributed by atoms with Gasteiger partial charge in [0.25, 0.3) is 0 Å². The molecular formula is C14H23NO3. The molecule has 0 aromatic heterocycles. The Bertz CT molecular complexity index is 319. The first-order valence-corrected chi connectivity index (χ1v) is 7.01. The molecule has 2 aliphatic rings. The Morgan fingerprint density at radius 2 is 1.83 bits per heavy atom. The van der Waals surface area contributed by atoms with Crippen LogP contribution in [-0.4, -0.2) is 36.5 Å².